The van der Waals surface area contributed by atoms with Crippen LogP contribution >= 0.6 is 12.2 Å². The number of aromatic hydroxyl groups is 2. The molecule has 6 heteroatoms. The van der Waals surface area contributed by atoms with Crippen molar-refractivity contribution in [1.82, 2.24) is 9.97 Å². The molecule has 0 fully saturated rings. The van der Waals surface area contributed by atoms with Crippen LogP contribution in [0.25, 0.3) is 11.3 Å². The average molecular weight is 428 g/mol. The van der Waals surface area contributed by atoms with Gasteiger partial charge in [-0.2, -0.15) is 0 Å². The zero-order valence-electron chi connectivity index (χ0n) is 16.9. The fourth-order valence-electron chi connectivity index (χ4n) is 3.34. The van der Waals surface area contributed by atoms with E-state index in [1.54, 1.807) is 42.6 Å². The van der Waals surface area contributed by atoms with Crippen LogP contribution in [0.5, 0.6) is 11.5 Å². The molecular formula is C25H21N3O2S. The van der Waals surface area contributed by atoms with E-state index in [1.807, 2.05) is 54.3 Å². The Labute approximate surface area is 186 Å². The third-order valence-corrected chi connectivity index (χ3v) is 5.02. The zero-order valence-corrected chi connectivity index (χ0v) is 17.8. The van der Waals surface area contributed by atoms with Crippen molar-refractivity contribution in [3.63, 3.8) is 0 Å². The number of rotatable bonds is 5. The number of phenols is 2. The minimum atomic E-state index is 0.184. The molecule has 0 unspecified atom stereocenters. The van der Waals surface area contributed by atoms with Gasteiger partial charge in [-0.25, -0.2) is 9.97 Å². The normalized spacial score (nSPS) is 10.6. The molecule has 2 N–H and O–H groups in total. The van der Waals surface area contributed by atoms with Crippen LogP contribution in [0.2, 0.25) is 0 Å². The number of phenolic OH excluding ortho intramolecular Hbond substituents is 2. The van der Waals surface area contributed by atoms with Gasteiger partial charge in [0.2, 0.25) is 0 Å². The molecule has 31 heavy (non-hydrogen) atoms. The van der Waals surface area contributed by atoms with Crippen molar-refractivity contribution in [2.75, 3.05) is 4.90 Å². The minimum absolute atomic E-state index is 0.184. The lowest BCUT2D eigenvalue weighted by molar-refractivity contribution is 0.475. The molecule has 5 nitrogen and oxygen atoms in total. The van der Waals surface area contributed by atoms with E-state index in [4.69, 9.17) is 22.2 Å². The van der Waals surface area contributed by atoms with E-state index in [2.05, 4.69) is 0 Å². The second kappa shape index (κ2) is 8.93. The van der Waals surface area contributed by atoms with E-state index in [-0.39, 0.29) is 11.5 Å². The highest BCUT2D eigenvalue weighted by Crippen LogP contribution is 2.31. The Bertz CT molecular complexity index is 1190. The molecule has 0 aliphatic rings. The molecule has 4 aromatic rings. The number of hydrogen-bond acceptors (Lipinski definition) is 5. The Hall–Kier alpha value is -3.77. The van der Waals surface area contributed by atoms with Gasteiger partial charge in [-0.05, 0) is 61.0 Å². The Morgan fingerprint density at radius 3 is 2.10 bits per heavy atom. The maximum atomic E-state index is 9.68. The lowest BCUT2D eigenvalue weighted by atomic mass is 10.1. The quantitative estimate of drug-likeness (QED) is 0.402. The maximum absolute atomic E-state index is 9.68. The lowest BCUT2D eigenvalue weighted by Gasteiger charge is -2.25. The third-order valence-electron chi connectivity index (χ3n) is 4.83. The molecule has 0 atom stereocenters. The summed E-state index contributed by atoms with van der Waals surface area (Å²) in [6.07, 6.45) is 2.29. The smallest absolute Gasteiger partial charge is 0.160 e. The summed E-state index contributed by atoms with van der Waals surface area (Å²) in [4.78, 5) is 12.1. The molecule has 0 saturated heterocycles. The minimum Gasteiger partial charge on any atom is -0.508 e. The second-order valence-corrected chi connectivity index (χ2v) is 7.70. The highest BCUT2D eigenvalue weighted by molar-refractivity contribution is 7.80. The molecule has 1 aromatic heterocycles. The van der Waals surface area contributed by atoms with Crippen molar-refractivity contribution < 1.29 is 10.2 Å². The summed E-state index contributed by atoms with van der Waals surface area (Å²) in [7, 11) is 0. The molecule has 0 bridgehead atoms. The monoisotopic (exact) mass is 427 g/mol. The van der Waals surface area contributed by atoms with Crippen molar-refractivity contribution in [3.05, 3.63) is 96.3 Å². The summed E-state index contributed by atoms with van der Waals surface area (Å²) in [5.74, 6) is 1.03. The van der Waals surface area contributed by atoms with Crippen LogP contribution in [-0.2, 0) is 6.42 Å². The van der Waals surface area contributed by atoms with Gasteiger partial charge in [0.25, 0.3) is 0 Å². The van der Waals surface area contributed by atoms with E-state index in [1.165, 1.54) is 0 Å². The summed E-state index contributed by atoms with van der Waals surface area (Å²) in [5, 5.41) is 19.3. The number of hydrogen-bond donors (Lipinski definition) is 2. The Kier molecular flexibility index (Phi) is 5.91. The molecule has 1 heterocycles. The second-order valence-electron chi connectivity index (χ2n) is 7.11. The van der Waals surface area contributed by atoms with Gasteiger partial charge in [-0.15, -0.1) is 0 Å². The van der Waals surface area contributed by atoms with Crippen LogP contribution in [0.1, 0.15) is 18.2 Å². The molecular weight excluding hydrogens is 406 g/mol. The van der Waals surface area contributed by atoms with E-state index in [9.17, 15) is 10.2 Å². The predicted molar refractivity (Wildman–Crippen MR) is 127 cm³/mol. The fraction of sp³-hybridized carbons (Fsp3) is 0.0800. The predicted octanol–water partition coefficient (Wildman–Crippen LogP) is 5.63. The zero-order chi connectivity index (χ0) is 21.8. The van der Waals surface area contributed by atoms with Crippen LogP contribution in [0.15, 0.2) is 85.1 Å². The molecule has 0 radical (unpaired) electrons. The largest absolute Gasteiger partial charge is 0.508 e. The summed E-state index contributed by atoms with van der Waals surface area (Å²) in [5.41, 5.74) is 4.25. The molecule has 3 aromatic carbocycles. The summed E-state index contributed by atoms with van der Waals surface area (Å²) < 4.78 is 0. The van der Waals surface area contributed by atoms with Gasteiger partial charge in [0.15, 0.2) is 5.82 Å². The summed E-state index contributed by atoms with van der Waals surface area (Å²) >= 11 is 5.55. The highest BCUT2D eigenvalue weighted by atomic mass is 32.1. The van der Waals surface area contributed by atoms with Crippen LogP contribution in [0, 0.1) is 0 Å². The van der Waals surface area contributed by atoms with Gasteiger partial charge >= 0.3 is 0 Å². The first kappa shape index (κ1) is 20.5. The first-order valence-corrected chi connectivity index (χ1v) is 10.2. The van der Waals surface area contributed by atoms with Crippen molar-refractivity contribution in [3.8, 4) is 22.8 Å². The van der Waals surface area contributed by atoms with Gasteiger partial charge < -0.3 is 10.2 Å². The van der Waals surface area contributed by atoms with E-state index >= 15 is 0 Å². The van der Waals surface area contributed by atoms with Crippen molar-refractivity contribution >= 4 is 28.7 Å². The van der Waals surface area contributed by atoms with Crippen LogP contribution in [0.4, 0.5) is 11.5 Å². The Balaban J connectivity index is 1.84. The molecule has 0 saturated carbocycles. The van der Waals surface area contributed by atoms with Gasteiger partial charge in [-0.1, -0.05) is 42.5 Å². The Morgan fingerprint density at radius 2 is 1.48 bits per heavy atom. The number of aromatic nitrogens is 2. The lowest BCUT2D eigenvalue weighted by Crippen LogP contribution is -2.24. The third kappa shape index (κ3) is 4.70. The molecule has 154 valence electrons. The van der Waals surface area contributed by atoms with Crippen LogP contribution in [0.3, 0.4) is 0 Å². The van der Waals surface area contributed by atoms with Crippen molar-refractivity contribution in [2.45, 2.75) is 13.3 Å². The van der Waals surface area contributed by atoms with E-state index in [0.717, 1.165) is 22.5 Å². The van der Waals surface area contributed by atoms with Gasteiger partial charge in [0, 0.05) is 17.7 Å². The van der Waals surface area contributed by atoms with E-state index < -0.39 is 0 Å². The first-order chi connectivity index (χ1) is 15.0. The number of thiocarbonyl (C=S) groups is 1. The molecule has 0 aliphatic carbocycles. The molecule has 0 spiro atoms. The van der Waals surface area contributed by atoms with Crippen LogP contribution < -0.4 is 4.90 Å². The molecule has 0 amide bonds. The highest BCUT2D eigenvalue weighted by Gasteiger charge is 2.20. The number of anilines is 2. The number of benzene rings is 3. The van der Waals surface area contributed by atoms with Crippen LogP contribution in [-0.4, -0.2) is 25.2 Å². The molecule has 0 aliphatic heterocycles. The van der Waals surface area contributed by atoms with Crippen molar-refractivity contribution in [1.29, 1.82) is 0 Å². The standard InChI is InChI=1S/C25H21N3O2S/c1-17(31)28(20-9-13-22(30)14-10-20)25-23(15-18-5-3-2-4-6-18)27-24(16-26-25)19-7-11-21(29)12-8-19/h2-14,16,29-30H,15H2,1H3. The Morgan fingerprint density at radius 1 is 0.871 bits per heavy atom. The first-order valence-electron chi connectivity index (χ1n) is 9.80. The van der Waals surface area contributed by atoms with Gasteiger partial charge in [0.05, 0.1) is 22.6 Å². The van der Waals surface area contributed by atoms with Crippen molar-refractivity contribution in [2.24, 2.45) is 0 Å². The topological polar surface area (TPSA) is 69.5 Å². The van der Waals surface area contributed by atoms with Gasteiger partial charge in [-0.3, -0.25) is 4.90 Å². The van der Waals surface area contributed by atoms with Gasteiger partial charge in [0.1, 0.15) is 11.5 Å². The average Bonchev–Trinajstić information content (AvgIpc) is 2.77. The summed E-state index contributed by atoms with van der Waals surface area (Å²) in [6, 6.07) is 23.8. The fourth-order valence-corrected chi connectivity index (χ4v) is 3.53. The maximum Gasteiger partial charge on any atom is 0.160 e. The summed E-state index contributed by atoms with van der Waals surface area (Å²) in [6.45, 7) is 1.84. The number of nitrogens with zero attached hydrogens (tertiary/aromatic N) is 3. The SMILES string of the molecule is CC(=S)N(c1ccc(O)cc1)c1ncc(-c2ccc(O)cc2)nc1Cc1ccccc1. The van der Waals surface area contributed by atoms with E-state index in [0.29, 0.717) is 22.9 Å². The molecule has 4 rings (SSSR count).